The zero-order valence-corrected chi connectivity index (χ0v) is 15.3. The number of amides is 1. The molecule has 1 heterocycles. The van der Waals surface area contributed by atoms with Gasteiger partial charge in [-0.25, -0.2) is 0 Å². The largest absolute Gasteiger partial charge is 0.351 e. The SMILES string of the molecule is Cc1cc(C)c2cc(C(=O)NCc3ccccc3CN(C)C)[nH]c2c1. The van der Waals surface area contributed by atoms with Gasteiger partial charge in [0.15, 0.2) is 0 Å². The van der Waals surface area contributed by atoms with Gasteiger partial charge in [0.05, 0.1) is 0 Å². The van der Waals surface area contributed by atoms with Crippen LogP contribution in [0.4, 0.5) is 0 Å². The van der Waals surface area contributed by atoms with Crippen LogP contribution in [0.15, 0.2) is 42.5 Å². The molecule has 0 bridgehead atoms. The first-order valence-corrected chi connectivity index (χ1v) is 8.53. The minimum atomic E-state index is -0.0760. The molecule has 3 aromatic rings. The Morgan fingerprint density at radius 2 is 1.80 bits per heavy atom. The van der Waals surface area contributed by atoms with Crippen LogP contribution in [-0.2, 0) is 13.1 Å². The van der Waals surface area contributed by atoms with Gasteiger partial charge in [-0.3, -0.25) is 4.79 Å². The van der Waals surface area contributed by atoms with Crippen molar-refractivity contribution in [3.63, 3.8) is 0 Å². The van der Waals surface area contributed by atoms with E-state index in [4.69, 9.17) is 0 Å². The summed E-state index contributed by atoms with van der Waals surface area (Å²) in [5.74, 6) is -0.0760. The van der Waals surface area contributed by atoms with Crippen LogP contribution in [-0.4, -0.2) is 29.9 Å². The third-order valence-corrected chi connectivity index (χ3v) is 4.38. The lowest BCUT2D eigenvalue weighted by atomic mass is 10.1. The van der Waals surface area contributed by atoms with Gasteiger partial charge in [-0.15, -0.1) is 0 Å². The van der Waals surface area contributed by atoms with Gasteiger partial charge in [-0.2, -0.15) is 0 Å². The molecular formula is C21H25N3O. The summed E-state index contributed by atoms with van der Waals surface area (Å²) in [7, 11) is 4.09. The molecule has 0 radical (unpaired) electrons. The molecule has 4 heteroatoms. The van der Waals surface area contributed by atoms with Gasteiger partial charge in [-0.05, 0) is 62.3 Å². The van der Waals surface area contributed by atoms with Crippen LogP contribution in [0, 0.1) is 13.8 Å². The van der Waals surface area contributed by atoms with E-state index in [9.17, 15) is 4.79 Å². The van der Waals surface area contributed by atoms with E-state index in [1.54, 1.807) is 0 Å². The van der Waals surface area contributed by atoms with Crippen LogP contribution in [0.1, 0.15) is 32.7 Å². The van der Waals surface area contributed by atoms with E-state index in [0.717, 1.165) is 23.0 Å². The Bertz CT molecular complexity index is 909. The summed E-state index contributed by atoms with van der Waals surface area (Å²) in [6.45, 7) is 5.52. The Hall–Kier alpha value is -2.59. The molecule has 0 saturated carbocycles. The third kappa shape index (κ3) is 3.91. The van der Waals surface area contributed by atoms with E-state index in [2.05, 4.69) is 53.3 Å². The average Bonchev–Trinajstić information content (AvgIpc) is 2.97. The van der Waals surface area contributed by atoms with Gasteiger partial charge in [-0.1, -0.05) is 30.3 Å². The second-order valence-corrected chi connectivity index (χ2v) is 6.92. The maximum absolute atomic E-state index is 12.6. The minimum Gasteiger partial charge on any atom is -0.351 e. The number of nitrogens with one attached hydrogen (secondary N) is 2. The highest BCUT2D eigenvalue weighted by Crippen LogP contribution is 2.21. The van der Waals surface area contributed by atoms with Gasteiger partial charge in [0.25, 0.3) is 5.91 Å². The molecule has 0 atom stereocenters. The number of carbonyl (C=O) groups excluding carboxylic acids is 1. The molecule has 0 aliphatic carbocycles. The van der Waals surface area contributed by atoms with Crippen LogP contribution in [0.3, 0.4) is 0 Å². The van der Waals surface area contributed by atoms with Crippen molar-refractivity contribution in [3.8, 4) is 0 Å². The van der Waals surface area contributed by atoms with Crippen molar-refractivity contribution in [2.24, 2.45) is 0 Å². The van der Waals surface area contributed by atoms with Crippen molar-refractivity contribution in [2.45, 2.75) is 26.9 Å². The lowest BCUT2D eigenvalue weighted by Gasteiger charge is -2.14. The Morgan fingerprint density at radius 3 is 2.52 bits per heavy atom. The first kappa shape index (κ1) is 17.2. The quantitative estimate of drug-likeness (QED) is 0.745. The molecule has 0 saturated heterocycles. The predicted octanol–water partition coefficient (Wildman–Crippen LogP) is 3.78. The number of aromatic amines is 1. The van der Waals surface area contributed by atoms with Crippen molar-refractivity contribution in [3.05, 3.63) is 70.4 Å². The fraction of sp³-hybridized carbons (Fsp3) is 0.286. The van der Waals surface area contributed by atoms with Crippen molar-refractivity contribution in [1.29, 1.82) is 0 Å². The Morgan fingerprint density at radius 1 is 1.08 bits per heavy atom. The van der Waals surface area contributed by atoms with Crippen LogP contribution >= 0.6 is 0 Å². The van der Waals surface area contributed by atoms with E-state index >= 15 is 0 Å². The van der Waals surface area contributed by atoms with Crippen molar-refractivity contribution in [2.75, 3.05) is 14.1 Å². The Balaban J connectivity index is 1.76. The molecule has 130 valence electrons. The molecule has 4 nitrogen and oxygen atoms in total. The molecule has 0 fully saturated rings. The van der Waals surface area contributed by atoms with Gasteiger partial charge in [0.1, 0.15) is 5.69 Å². The summed E-state index contributed by atoms with van der Waals surface area (Å²) in [5, 5.41) is 4.14. The number of aryl methyl sites for hydroxylation is 2. The monoisotopic (exact) mass is 335 g/mol. The number of fused-ring (bicyclic) bond motifs is 1. The minimum absolute atomic E-state index is 0.0760. The maximum Gasteiger partial charge on any atom is 0.267 e. The number of hydrogen-bond donors (Lipinski definition) is 2. The summed E-state index contributed by atoms with van der Waals surface area (Å²) in [5.41, 5.74) is 6.37. The van der Waals surface area contributed by atoms with Crippen LogP contribution in [0.5, 0.6) is 0 Å². The molecule has 3 rings (SSSR count). The van der Waals surface area contributed by atoms with E-state index in [0.29, 0.717) is 12.2 Å². The molecule has 2 aromatic carbocycles. The first-order valence-electron chi connectivity index (χ1n) is 8.53. The topological polar surface area (TPSA) is 48.1 Å². The lowest BCUT2D eigenvalue weighted by Crippen LogP contribution is -2.24. The second kappa shape index (κ2) is 7.11. The number of aromatic nitrogens is 1. The Kier molecular flexibility index (Phi) is 4.91. The standard InChI is InChI=1S/C21H25N3O/c1-14-9-15(2)18-11-20(23-19(18)10-14)21(25)22-12-16-7-5-6-8-17(16)13-24(3)4/h5-11,23H,12-13H2,1-4H3,(H,22,25). The summed E-state index contributed by atoms with van der Waals surface area (Å²) in [6, 6.07) is 14.4. The molecule has 1 amide bonds. The molecule has 25 heavy (non-hydrogen) atoms. The Labute approximate surface area is 148 Å². The fourth-order valence-corrected chi connectivity index (χ4v) is 3.22. The molecule has 0 unspecified atom stereocenters. The molecule has 0 aliphatic heterocycles. The highest BCUT2D eigenvalue weighted by Gasteiger charge is 2.12. The number of H-pyrrole nitrogens is 1. The van der Waals surface area contributed by atoms with Crippen LogP contribution < -0.4 is 5.32 Å². The van der Waals surface area contributed by atoms with Crippen molar-refractivity contribution < 1.29 is 4.79 Å². The lowest BCUT2D eigenvalue weighted by molar-refractivity contribution is 0.0946. The number of nitrogens with zero attached hydrogens (tertiary/aromatic N) is 1. The highest BCUT2D eigenvalue weighted by molar-refractivity contribution is 5.98. The van der Waals surface area contributed by atoms with E-state index in [-0.39, 0.29) is 5.91 Å². The van der Waals surface area contributed by atoms with E-state index in [1.807, 2.05) is 32.3 Å². The normalized spacial score (nSPS) is 11.2. The summed E-state index contributed by atoms with van der Waals surface area (Å²) >= 11 is 0. The second-order valence-electron chi connectivity index (χ2n) is 6.92. The number of hydrogen-bond acceptors (Lipinski definition) is 2. The zero-order chi connectivity index (χ0) is 18.0. The zero-order valence-electron chi connectivity index (χ0n) is 15.3. The predicted molar refractivity (Wildman–Crippen MR) is 103 cm³/mol. The summed E-state index contributed by atoms with van der Waals surface area (Å²) in [4.78, 5) is 17.9. The summed E-state index contributed by atoms with van der Waals surface area (Å²) < 4.78 is 0. The van der Waals surface area contributed by atoms with Gasteiger partial charge < -0.3 is 15.2 Å². The third-order valence-electron chi connectivity index (χ3n) is 4.38. The fourth-order valence-electron chi connectivity index (χ4n) is 3.22. The molecule has 1 aromatic heterocycles. The number of carbonyl (C=O) groups is 1. The molecule has 0 spiro atoms. The van der Waals surface area contributed by atoms with Crippen LogP contribution in [0.2, 0.25) is 0 Å². The number of rotatable bonds is 5. The molecular weight excluding hydrogens is 310 g/mol. The van der Waals surface area contributed by atoms with Gasteiger partial charge in [0, 0.05) is 24.0 Å². The van der Waals surface area contributed by atoms with Gasteiger partial charge in [0.2, 0.25) is 0 Å². The average molecular weight is 335 g/mol. The maximum atomic E-state index is 12.6. The van der Waals surface area contributed by atoms with E-state index in [1.165, 1.54) is 16.7 Å². The van der Waals surface area contributed by atoms with Crippen molar-refractivity contribution >= 4 is 16.8 Å². The summed E-state index contributed by atoms with van der Waals surface area (Å²) in [6.07, 6.45) is 0. The number of benzene rings is 2. The van der Waals surface area contributed by atoms with Gasteiger partial charge >= 0.3 is 0 Å². The van der Waals surface area contributed by atoms with E-state index < -0.39 is 0 Å². The first-order chi connectivity index (χ1) is 11.9. The smallest absolute Gasteiger partial charge is 0.267 e. The van der Waals surface area contributed by atoms with Crippen LogP contribution in [0.25, 0.3) is 10.9 Å². The molecule has 2 N–H and O–H groups in total. The highest BCUT2D eigenvalue weighted by atomic mass is 16.1. The van der Waals surface area contributed by atoms with Crippen molar-refractivity contribution in [1.82, 2.24) is 15.2 Å². The molecule has 0 aliphatic rings.